The summed E-state index contributed by atoms with van der Waals surface area (Å²) in [6.45, 7) is 0.785. The molecule has 7 heteroatoms. The normalized spacial score (nSPS) is 29.7. The quantitative estimate of drug-likeness (QED) is 0.502. The van der Waals surface area contributed by atoms with Crippen molar-refractivity contribution in [2.45, 2.75) is 25.7 Å². The third kappa shape index (κ3) is 3.26. The van der Waals surface area contributed by atoms with Gasteiger partial charge < -0.3 is 9.57 Å². The monoisotopic (exact) mass is 479 g/mol. The van der Waals surface area contributed by atoms with E-state index in [0.717, 1.165) is 34.6 Å². The first-order valence-electron chi connectivity index (χ1n) is 12.4. The van der Waals surface area contributed by atoms with Crippen LogP contribution < -0.4 is 4.74 Å². The molecule has 0 N–H and O–H groups in total. The fourth-order valence-corrected chi connectivity index (χ4v) is 6.72. The van der Waals surface area contributed by atoms with Crippen molar-refractivity contribution in [3.05, 3.63) is 95.8 Å². The maximum atomic E-state index is 13.4. The number of nitrogens with zero attached hydrogens (tertiary/aromatic N) is 3. The lowest BCUT2D eigenvalue weighted by atomic mass is 9.71. The molecule has 0 radical (unpaired) electrons. The van der Waals surface area contributed by atoms with Crippen LogP contribution in [0.25, 0.3) is 0 Å². The van der Waals surface area contributed by atoms with Crippen LogP contribution >= 0.6 is 0 Å². The average molecular weight is 480 g/mol. The van der Waals surface area contributed by atoms with Crippen molar-refractivity contribution in [2.75, 3.05) is 0 Å². The summed E-state index contributed by atoms with van der Waals surface area (Å²) >= 11 is 0. The predicted molar refractivity (Wildman–Crippen MR) is 130 cm³/mol. The molecule has 3 heterocycles. The highest BCUT2D eigenvalue weighted by molar-refractivity contribution is 6.08. The van der Waals surface area contributed by atoms with Gasteiger partial charge in [-0.3, -0.25) is 19.5 Å². The Morgan fingerprint density at radius 2 is 1.61 bits per heavy atom. The van der Waals surface area contributed by atoms with Gasteiger partial charge in [-0.1, -0.05) is 41.6 Å². The number of hydrogen-bond acceptors (Lipinski definition) is 6. The van der Waals surface area contributed by atoms with Gasteiger partial charge in [0.25, 0.3) is 0 Å². The zero-order valence-corrected chi connectivity index (χ0v) is 19.6. The number of rotatable bonds is 6. The number of carbonyl (C=O) groups is 2. The molecule has 2 amide bonds. The van der Waals surface area contributed by atoms with Gasteiger partial charge in [0.2, 0.25) is 11.8 Å². The van der Waals surface area contributed by atoms with Gasteiger partial charge in [0.05, 0.1) is 24.1 Å². The second-order valence-electron chi connectivity index (χ2n) is 10.1. The number of fused-ring (bicyclic) bond motifs is 8. The lowest BCUT2D eigenvalue weighted by Crippen LogP contribution is -2.41. The van der Waals surface area contributed by atoms with Crippen LogP contribution in [-0.2, 0) is 27.6 Å². The van der Waals surface area contributed by atoms with E-state index in [9.17, 15) is 9.59 Å². The maximum absolute atomic E-state index is 13.4. The van der Waals surface area contributed by atoms with Crippen LogP contribution in [0, 0.1) is 29.6 Å². The van der Waals surface area contributed by atoms with Crippen LogP contribution in [0.5, 0.6) is 5.75 Å². The molecule has 7 nitrogen and oxygen atoms in total. The molecule has 0 unspecified atom stereocenters. The Bertz CT molecular complexity index is 1340. The highest BCUT2D eigenvalue weighted by Gasteiger charge is 2.70. The summed E-state index contributed by atoms with van der Waals surface area (Å²) in [5.41, 5.74) is 3.83. The first-order chi connectivity index (χ1) is 17.7. The van der Waals surface area contributed by atoms with E-state index >= 15 is 0 Å². The fourth-order valence-electron chi connectivity index (χ4n) is 6.72. The van der Waals surface area contributed by atoms with Crippen LogP contribution in [0.4, 0.5) is 0 Å². The minimum Gasteiger partial charge on any atom is -0.489 e. The number of carbonyl (C=O) groups excluding carboxylic acids is 2. The number of pyridine rings is 1. The van der Waals surface area contributed by atoms with Gasteiger partial charge in [-0.15, -0.1) is 0 Å². The molecule has 2 saturated carbocycles. The van der Waals surface area contributed by atoms with Crippen LogP contribution in [0.1, 0.15) is 23.1 Å². The van der Waals surface area contributed by atoms with E-state index in [-0.39, 0.29) is 54.1 Å². The number of aromatic nitrogens is 1. The molecule has 3 fully saturated rings. The van der Waals surface area contributed by atoms with E-state index in [2.05, 4.69) is 10.1 Å². The molecule has 0 spiro atoms. The number of hydrogen-bond donors (Lipinski definition) is 0. The highest BCUT2D eigenvalue weighted by Crippen LogP contribution is 2.61. The standard InChI is InChI=1S/C29H25N3O4/c33-28-23-21-13-22(24(23)29(34)32(28)15-18-7-4-12-30-14-18)27-25(21)26(31-36-27)19-8-10-20(11-9-19)35-16-17-5-2-1-3-6-17/h1-12,14,21-25,27H,13,15-16H2/t21-,22+,23-,24+,25-,27-/m1/s1. The van der Waals surface area contributed by atoms with Crippen LogP contribution in [0.3, 0.4) is 0 Å². The second-order valence-corrected chi connectivity index (χ2v) is 10.1. The summed E-state index contributed by atoms with van der Waals surface area (Å²) in [4.78, 5) is 38.2. The van der Waals surface area contributed by atoms with Crippen molar-refractivity contribution in [1.82, 2.24) is 9.88 Å². The summed E-state index contributed by atoms with van der Waals surface area (Å²) in [7, 11) is 0. The lowest BCUT2D eigenvalue weighted by Gasteiger charge is -2.29. The maximum Gasteiger partial charge on any atom is 0.233 e. The first-order valence-corrected chi connectivity index (χ1v) is 12.4. The Labute approximate surface area is 208 Å². The molecular weight excluding hydrogens is 454 g/mol. The van der Waals surface area contributed by atoms with Crippen molar-refractivity contribution >= 4 is 17.5 Å². The highest BCUT2D eigenvalue weighted by atomic mass is 16.6. The van der Waals surface area contributed by atoms with Crippen molar-refractivity contribution in [1.29, 1.82) is 0 Å². The molecule has 2 aliphatic carbocycles. The van der Waals surface area contributed by atoms with E-state index in [4.69, 9.17) is 9.57 Å². The Morgan fingerprint density at radius 1 is 0.861 bits per heavy atom. The third-order valence-corrected chi connectivity index (χ3v) is 8.24. The Hall–Kier alpha value is -4.00. The number of oxime groups is 1. The molecule has 180 valence electrons. The topological polar surface area (TPSA) is 81.1 Å². The first kappa shape index (κ1) is 21.3. The SMILES string of the molecule is O=C1[C@@H]2[C@H]3C[C@H]([C@H]4ON=C(c5ccc(OCc6ccccc6)cc5)[C@@H]34)[C@@H]2C(=O)N1Cc1cccnc1. The fraction of sp³-hybridized carbons (Fsp3) is 0.310. The van der Waals surface area contributed by atoms with Gasteiger partial charge >= 0.3 is 0 Å². The number of imide groups is 1. The van der Waals surface area contributed by atoms with E-state index in [1.165, 1.54) is 4.90 Å². The summed E-state index contributed by atoms with van der Waals surface area (Å²) < 4.78 is 5.93. The Morgan fingerprint density at radius 3 is 2.36 bits per heavy atom. The van der Waals surface area contributed by atoms with E-state index in [0.29, 0.717) is 6.61 Å². The Kier molecular flexibility index (Phi) is 4.91. The van der Waals surface area contributed by atoms with Gasteiger partial charge in [-0.25, -0.2) is 0 Å². The van der Waals surface area contributed by atoms with E-state index in [1.54, 1.807) is 12.4 Å². The van der Waals surface area contributed by atoms with Crippen molar-refractivity contribution in [3.63, 3.8) is 0 Å². The smallest absolute Gasteiger partial charge is 0.233 e. The van der Waals surface area contributed by atoms with E-state index < -0.39 is 0 Å². The van der Waals surface area contributed by atoms with Crippen LogP contribution in [-0.4, -0.2) is 33.5 Å². The van der Waals surface area contributed by atoms with Crippen molar-refractivity contribution in [2.24, 2.45) is 34.7 Å². The average Bonchev–Trinajstić information content (AvgIpc) is 3.67. The van der Waals surface area contributed by atoms with Crippen molar-refractivity contribution < 1.29 is 19.2 Å². The molecule has 7 rings (SSSR count). The molecule has 2 bridgehead atoms. The summed E-state index contributed by atoms with van der Waals surface area (Å²) in [6.07, 6.45) is 4.09. The molecule has 4 aliphatic rings. The van der Waals surface area contributed by atoms with Crippen LogP contribution in [0.15, 0.2) is 84.3 Å². The van der Waals surface area contributed by atoms with Gasteiger partial charge in [0.1, 0.15) is 18.5 Å². The molecular formula is C29H25N3O4. The minimum atomic E-state index is -0.302. The minimum absolute atomic E-state index is 0.0232. The molecule has 6 atom stereocenters. The van der Waals surface area contributed by atoms with Crippen molar-refractivity contribution in [3.8, 4) is 5.75 Å². The number of amides is 2. The zero-order chi connectivity index (χ0) is 24.2. The number of ether oxygens (including phenoxy) is 1. The van der Waals surface area contributed by atoms with Gasteiger partial charge in [-0.2, -0.15) is 0 Å². The lowest BCUT2D eigenvalue weighted by molar-refractivity contribution is -0.141. The van der Waals surface area contributed by atoms with Crippen LogP contribution in [0.2, 0.25) is 0 Å². The molecule has 2 aliphatic heterocycles. The third-order valence-electron chi connectivity index (χ3n) is 8.24. The number of benzene rings is 2. The van der Waals surface area contributed by atoms with E-state index in [1.807, 2.05) is 66.7 Å². The van der Waals surface area contributed by atoms with Gasteiger partial charge in [0, 0.05) is 29.8 Å². The largest absolute Gasteiger partial charge is 0.489 e. The number of likely N-dealkylation sites (tertiary alicyclic amines) is 1. The predicted octanol–water partition coefficient (Wildman–Crippen LogP) is 3.83. The molecule has 1 saturated heterocycles. The summed E-state index contributed by atoms with van der Waals surface area (Å²) in [5, 5.41) is 4.45. The zero-order valence-electron chi connectivity index (χ0n) is 19.6. The van der Waals surface area contributed by atoms with Gasteiger partial charge in [0.15, 0.2) is 0 Å². The molecule has 3 aromatic rings. The molecule has 36 heavy (non-hydrogen) atoms. The molecule has 2 aromatic carbocycles. The second kappa shape index (κ2) is 8.29. The molecule has 1 aromatic heterocycles. The summed E-state index contributed by atoms with van der Waals surface area (Å²) in [5.74, 6) is 0.180. The Balaban J connectivity index is 1.08. The van der Waals surface area contributed by atoms with Gasteiger partial charge in [-0.05, 0) is 53.8 Å². The summed E-state index contributed by atoms with van der Waals surface area (Å²) in [6, 6.07) is 21.7.